The molecule has 0 radical (unpaired) electrons. The SMILES string of the molecule is NC(=O)OC(C#Cc1ccccc1)c1ccc(OC(F)(F)F)cc1. The van der Waals surface area contributed by atoms with Crippen molar-refractivity contribution >= 4 is 6.09 Å². The van der Waals surface area contributed by atoms with E-state index in [0.717, 1.165) is 12.1 Å². The number of carbonyl (C=O) groups excluding carboxylic acids is 1. The van der Waals surface area contributed by atoms with E-state index in [1.807, 2.05) is 6.07 Å². The van der Waals surface area contributed by atoms with Crippen LogP contribution in [0.4, 0.5) is 18.0 Å². The minimum absolute atomic E-state index is 0.367. The van der Waals surface area contributed by atoms with E-state index < -0.39 is 18.6 Å². The Balaban J connectivity index is 2.22. The van der Waals surface area contributed by atoms with Crippen molar-refractivity contribution in [3.8, 4) is 17.6 Å². The van der Waals surface area contributed by atoms with E-state index in [9.17, 15) is 18.0 Å². The van der Waals surface area contributed by atoms with Gasteiger partial charge in [-0.3, -0.25) is 0 Å². The Morgan fingerprint density at radius 2 is 1.67 bits per heavy atom. The number of ether oxygens (including phenoxy) is 2. The summed E-state index contributed by atoms with van der Waals surface area (Å²) in [6, 6.07) is 13.7. The van der Waals surface area contributed by atoms with Crippen molar-refractivity contribution in [2.75, 3.05) is 0 Å². The van der Waals surface area contributed by atoms with Crippen molar-refractivity contribution < 1.29 is 27.4 Å². The van der Waals surface area contributed by atoms with Crippen molar-refractivity contribution in [1.29, 1.82) is 0 Å². The third-order valence-corrected chi connectivity index (χ3v) is 2.77. The van der Waals surface area contributed by atoms with E-state index in [4.69, 9.17) is 10.5 Å². The number of benzene rings is 2. The molecular weight excluding hydrogens is 323 g/mol. The van der Waals surface area contributed by atoms with Crippen molar-refractivity contribution in [3.63, 3.8) is 0 Å². The molecule has 7 heteroatoms. The number of rotatable bonds is 3. The smallest absolute Gasteiger partial charge is 0.428 e. The molecule has 2 aromatic rings. The molecule has 4 nitrogen and oxygen atoms in total. The highest BCUT2D eigenvalue weighted by atomic mass is 19.4. The number of alkyl halides is 3. The van der Waals surface area contributed by atoms with Gasteiger partial charge in [0.2, 0.25) is 0 Å². The molecule has 0 saturated carbocycles. The lowest BCUT2D eigenvalue weighted by molar-refractivity contribution is -0.274. The largest absolute Gasteiger partial charge is 0.573 e. The Kier molecular flexibility index (Phi) is 5.32. The van der Waals surface area contributed by atoms with E-state index in [0.29, 0.717) is 11.1 Å². The lowest BCUT2D eigenvalue weighted by Crippen LogP contribution is -2.18. The summed E-state index contributed by atoms with van der Waals surface area (Å²) in [6.45, 7) is 0. The van der Waals surface area contributed by atoms with Crippen LogP contribution in [0.15, 0.2) is 54.6 Å². The van der Waals surface area contributed by atoms with Crippen molar-refractivity contribution in [2.45, 2.75) is 12.5 Å². The lowest BCUT2D eigenvalue weighted by Gasteiger charge is -2.13. The molecule has 2 rings (SSSR count). The van der Waals surface area contributed by atoms with Gasteiger partial charge in [-0.15, -0.1) is 13.2 Å². The number of primary amides is 1. The first-order chi connectivity index (χ1) is 11.3. The predicted molar refractivity (Wildman–Crippen MR) is 79.9 cm³/mol. The fraction of sp³-hybridized carbons (Fsp3) is 0.118. The van der Waals surface area contributed by atoms with E-state index in [1.54, 1.807) is 24.3 Å². The molecule has 1 amide bonds. The third kappa shape index (κ3) is 5.57. The summed E-state index contributed by atoms with van der Waals surface area (Å²) >= 11 is 0. The fourth-order valence-electron chi connectivity index (χ4n) is 1.81. The normalized spacial score (nSPS) is 11.8. The topological polar surface area (TPSA) is 61.6 Å². The maximum atomic E-state index is 12.2. The summed E-state index contributed by atoms with van der Waals surface area (Å²) in [5.41, 5.74) is 6.07. The molecule has 124 valence electrons. The van der Waals surface area contributed by atoms with Gasteiger partial charge in [0.05, 0.1) is 0 Å². The Hall–Kier alpha value is -3.14. The molecule has 0 aliphatic carbocycles. The van der Waals surface area contributed by atoms with Crippen LogP contribution in [-0.2, 0) is 4.74 Å². The van der Waals surface area contributed by atoms with Gasteiger partial charge in [0, 0.05) is 11.1 Å². The molecule has 0 fully saturated rings. The van der Waals surface area contributed by atoms with Crippen LogP contribution >= 0.6 is 0 Å². The van der Waals surface area contributed by atoms with Crippen molar-refractivity contribution in [3.05, 3.63) is 65.7 Å². The highest BCUT2D eigenvalue weighted by Gasteiger charge is 2.31. The van der Waals surface area contributed by atoms with Gasteiger partial charge in [-0.05, 0) is 30.2 Å². The Morgan fingerprint density at radius 3 is 2.21 bits per heavy atom. The molecular formula is C17H12F3NO3. The molecule has 1 unspecified atom stereocenters. The maximum absolute atomic E-state index is 12.2. The molecule has 0 spiro atoms. The van der Waals surface area contributed by atoms with Crippen LogP contribution in [0.25, 0.3) is 0 Å². The lowest BCUT2D eigenvalue weighted by atomic mass is 10.1. The van der Waals surface area contributed by atoms with Crippen LogP contribution < -0.4 is 10.5 Å². The fourth-order valence-corrected chi connectivity index (χ4v) is 1.81. The Labute approximate surface area is 136 Å². The standard InChI is InChI=1S/C17H12F3NO3/c18-17(19,20)24-14-9-7-13(8-10-14)15(23-16(21)22)11-6-12-4-2-1-3-5-12/h1-5,7-10,15H,(H2,21,22). The van der Waals surface area contributed by atoms with Gasteiger partial charge in [0.25, 0.3) is 0 Å². The summed E-state index contributed by atoms with van der Waals surface area (Å²) in [7, 11) is 0. The molecule has 0 aliphatic rings. The minimum atomic E-state index is -4.78. The van der Waals surface area contributed by atoms with Crippen LogP contribution in [0.2, 0.25) is 0 Å². The summed E-state index contributed by atoms with van der Waals surface area (Å²) < 4.78 is 45.1. The van der Waals surface area contributed by atoms with E-state index in [1.165, 1.54) is 12.1 Å². The molecule has 24 heavy (non-hydrogen) atoms. The second-order valence-electron chi connectivity index (χ2n) is 4.57. The molecule has 0 aliphatic heterocycles. The number of amides is 1. The first-order valence-corrected chi connectivity index (χ1v) is 6.72. The van der Waals surface area contributed by atoms with E-state index in [2.05, 4.69) is 16.6 Å². The van der Waals surface area contributed by atoms with Gasteiger partial charge in [-0.1, -0.05) is 36.3 Å². The second kappa shape index (κ2) is 7.42. The van der Waals surface area contributed by atoms with Gasteiger partial charge in [0.15, 0.2) is 6.10 Å². The van der Waals surface area contributed by atoms with Crippen LogP contribution in [-0.4, -0.2) is 12.5 Å². The number of carbonyl (C=O) groups is 1. The van der Waals surface area contributed by atoms with Gasteiger partial charge < -0.3 is 15.2 Å². The van der Waals surface area contributed by atoms with Crippen LogP contribution in [0.5, 0.6) is 5.75 Å². The van der Waals surface area contributed by atoms with Crippen molar-refractivity contribution in [2.24, 2.45) is 5.73 Å². The first kappa shape index (κ1) is 17.2. The molecule has 0 saturated heterocycles. The summed E-state index contributed by atoms with van der Waals surface area (Å²) in [5.74, 6) is 5.13. The summed E-state index contributed by atoms with van der Waals surface area (Å²) in [6.07, 6.45) is -6.83. The van der Waals surface area contributed by atoms with Crippen LogP contribution in [0.3, 0.4) is 0 Å². The number of nitrogens with two attached hydrogens (primary N) is 1. The number of hydrogen-bond donors (Lipinski definition) is 1. The molecule has 0 bridgehead atoms. The highest BCUT2D eigenvalue weighted by molar-refractivity contribution is 5.65. The first-order valence-electron chi connectivity index (χ1n) is 6.72. The predicted octanol–water partition coefficient (Wildman–Crippen LogP) is 3.77. The Bertz CT molecular complexity index is 747. The second-order valence-corrected chi connectivity index (χ2v) is 4.57. The van der Waals surface area contributed by atoms with Crippen molar-refractivity contribution in [1.82, 2.24) is 0 Å². The van der Waals surface area contributed by atoms with Crippen LogP contribution in [0, 0.1) is 11.8 Å². The van der Waals surface area contributed by atoms with Gasteiger partial charge >= 0.3 is 12.5 Å². The number of hydrogen-bond acceptors (Lipinski definition) is 3. The zero-order valence-corrected chi connectivity index (χ0v) is 12.2. The highest BCUT2D eigenvalue weighted by Crippen LogP contribution is 2.25. The third-order valence-electron chi connectivity index (χ3n) is 2.77. The van der Waals surface area contributed by atoms with Crippen LogP contribution in [0.1, 0.15) is 17.2 Å². The maximum Gasteiger partial charge on any atom is 0.573 e. The zero-order valence-electron chi connectivity index (χ0n) is 12.2. The molecule has 2 aromatic carbocycles. The minimum Gasteiger partial charge on any atom is -0.428 e. The molecule has 0 aromatic heterocycles. The van der Waals surface area contributed by atoms with Gasteiger partial charge in [-0.25, -0.2) is 4.79 Å². The van der Waals surface area contributed by atoms with Gasteiger partial charge in [0.1, 0.15) is 5.75 Å². The average molecular weight is 335 g/mol. The van der Waals surface area contributed by atoms with Gasteiger partial charge in [-0.2, -0.15) is 0 Å². The average Bonchev–Trinajstić information content (AvgIpc) is 2.51. The monoisotopic (exact) mass is 335 g/mol. The summed E-state index contributed by atoms with van der Waals surface area (Å²) in [5, 5.41) is 0. The summed E-state index contributed by atoms with van der Waals surface area (Å²) in [4.78, 5) is 11.0. The zero-order chi connectivity index (χ0) is 17.6. The Morgan fingerprint density at radius 1 is 1.04 bits per heavy atom. The molecule has 0 heterocycles. The molecule has 2 N–H and O–H groups in total. The van der Waals surface area contributed by atoms with E-state index in [-0.39, 0.29) is 5.75 Å². The molecule has 1 atom stereocenters. The van der Waals surface area contributed by atoms with E-state index >= 15 is 0 Å². The quantitative estimate of drug-likeness (QED) is 0.869. The number of halogens is 3.